The van der Waals surface area contributed by atoms with Crippen molar-refractivity contribution in [2.24, 2.45) is 5.73 Å². The Labute approximate surface area is 142 Å². The molecule has 0 aromatic heterocycles. The van der Waals surface area contributed by atoms with Crippen molar-refractivity contribution in [3.05, 3.63) is 71.3 Å². The SMILES string of the molecule is Cc1ccccc1C1(O)CCN([C@H](C(N)=O)c2ccccc2)CC1. The molecule has 1 aliphatic heterocycles. The lowest BCUT2D eigenvalue weighted by atomic mass is 9.81. The molecule has 1 atom stereocenters. The Bertz CT molecular complexity index is 707. The first-order valence-corrected chi connectivity index (χ1v) is 8.38. The Kier molecular flexibility index (Phi) is 4.69. The topological polar surface area (TPSA) is 66.6 Å². The zero-order chi connectivity index (χ0) is 17.2. The molecule has 126 valence electrons. The third-order valence-corrected chi connectivity index (χ3v) is 5.02. The monoisotopic (exact) mass is 324 g/mol. The van der Waals surface area contributed by atoms with Crippen LogP contribution in [0.4, 0.5) is 0 Å². The lowest BCUT2D eigenvalue weighted by molar-refractivity contribution is -0.126. The maximum atomic E-state index is 12.0. The number of piperidine rings is 1. The van der Waals surface area contributed by atoms with Gasteiger partial charge in [-0.2, -0.15) is 0 Å². The number of aliphatic hydroxyl groups is 1. The molecule has 3 rings (SSSR count). The van der Waals surface area contributed by atoms with Crippen molar-refractivity contribution in [1.82, 2.24) is 4.90 Å². The molecule has 4 heteroatoms. The minimum atomic E-state index is -0.833. The summed E-state index contributed by atoms with van der Waals surface area (Å²) < 4.78 is 0. The summed E-state index contributed by atoms with van der Waals surface area (Å²) in [7, 11) is 0. The van der Waals surface area contributed by atoms with Gasteiger partial charge in [0.1, 0.15) is 6.04 Å². The second-order valence-corrected chi connectivity index (χ2v) is 6.60. The molecule has 1 amide bonds. The molecule has 2 aromatic carbocycles. The third kappa shape index (κ3) is 3.21. The van der Waals surface area contributed by atoms with Crippen molar-refractivity contribution in [3.8, 4) is 0 Å². The first-order chi connectivity index (χ1) is 11.5. The summed E-state index contributed by atoms with van der Waals surface area (Å²) in [5.74, 6) is -0.345. The number of nitrogens with two attached hydrogens (primary N) is 1. The molecule has 0 aliphatic carbocycles. The number of primary amides is 1. The molecular formula is C20H24N2O2. The van der Waals surface area contributed by atoms with Crippen LogP contribution in [-0.4, -0.2) is 29.0 Å². The fourth-order valence-corrected chi connectivity index (χ4v) is 3.71. The molecule has 3 N–H and O–H groups in total. The average molecular weight is 324 g/mol. The molecule has 1 heterocycles. The number of carbonyl (C=O) groups is 1. The van der Waals surface area contributed by atoms with Crippen LogP contribution in [0.15, 0.2) is 54.6 Å². The standard InChI is InChI=1S/C20H24N2O2/c1-15-7-5-6-10-17(15)20(24)11-13-22(14-12-20)18(19(21)23)16-8-3-2-4-9-16/h2-10,18,24H,11-14H2,1H3,(H2,21,23)/t18-/m0/s1. The highest BCUT2D eigenvalue weighted by Gasteiger charge is 2.38. The second kappa shape index (κ2) is 6.75. The fourth-order valence-electron chi connectivity index (χ4n) is 3.71. The summed E-state index contributed by atoms with van der Waals surface area (Å²) >= 11 is 0. The summed E-state index contributed by atoms with van der Waals surface area (Å²) in [4.78, 5) is 14.1. The summed E-state index contributed by atoms with van der Waals surface area (Å²) in [6.45, 7) is 3.29. The summed E-state index contributed by atoms with van der Waals surface area (Å²) in [5.41, 5.74) is 7.82. The average Bonchev–Trinajstić information content (AvgIpc) is 2.58. The van der Waals surface area contributed by atoms with Crippen LogP contribution in [0, 0.1) is 6.92 Å². The number of benzene rings is 2. The van der Waals surface area contributed by atoms with Gasteiger partial charge >= 0.3 is 0 Å². The van der Waals surface area contributed by atoms with Gasteiger partial charge in [0.15, 0.2) is 0 Å². The van der Waals surface area contributed by atoms with Crippen LogP contribution in [0.5, 0.6) is 0 Å². The molecule has 1 aliphatic rings. The maximum absolute atomic E-state index is 12.0. The van der Waals surface area contributed by atoms with Crippen molar-refractivity contribution in [1.29, 1.82) is 0 Å². The zero-order valence-electron chi connectivity index (χ0n) is 14.0. The predicted molar refractivity (Wildman–Crippen MR) is 94.3 cm³/mol. The van der Waals surface area contributed by atoms with Gasteiger partial charge in [-0.15, -0.1) is 0 Å². The molecule has 24 heavy (non-hydrogen) atoms. The van der Waals surface area contributed by atoms with Gasteiger partial charge in [0.2, 0.25) is 5.91 Å². The number of amides is 1. The first-order valence-electron chi connectivity index (χ1n) is 8.38. The highest BCUT2D eigenvalue weighted by molar-refractivity contribution is 5.81. The van der Waals surface area contributed by atoms with Crippen LogP contribution in [-0.2, 0) is 10.4 Å². The van der Waals surface area contributed by atoms with Gasteiger partial charge in [-0.05, 0) is 36.5 Å². The Morgan fingerprint density at radius 3 is 2.25 bits per heavy atom. The van der Waals surface area contributed by atoms with Crippen LogP contribution in [0.3, 0.4) is 0 Å². The molecule has 0 saturated carbocycles. The largest absolute Gasteiger partial charge is 0.385 e. The van der Waals surface area contributed by atoms with E-state index in [0.29, 0.717) is 25.9 Å². The lowest BCUT2D eigenvalue weighted by Crippen LogP contribution is -2.47. The molecule has 0 spiro atoms. The fraction of sp³-hybridized carbons (Fsp3) is 0.350. The Hall–Kier alpha value is -2.17. The number of nitrogens with zero attached hydrogens (tertiary/aromatic N) is 1. The first kappa shape index (κ1) is 16.7. The Balaban J connectivity index is 1.79. The molecular weight excluding hydrogens is 300 g/mol. The van der Waals surface area contributed by atoms with E-state index >= 15 is 0 Å². The van der Waals surface area contributed by atoms with E-state index in [0.717, 1.165) is 16.7 Å². The van der Waals surface area contributed by atoms with Crippen LogP contribution in [0.1, 0.15) is 35.6 Å². The number of aryl methyl sites for hydroxylation is 1. The van der Waals surface area contributed by atoms with Gasteiger partial charge in [-0.1, -0.05) is 54.6 Å². The van der Waals surface area contributed by atoms with E-state index in [2.05, 4.69) is 4.90 Å². The van der Waals surface area contributed by atoms with Crippen molar-refractivity contribution >= 4 is 5.91 Å². The Morgan fingerprint density at radius 2 is 1.67 bits per heavy atom. The quantitative estimate of drug-likeness (QED) is 0.908. The van der Waals surface area contributed by atoms with Gasteiger partial charge in [0.05, 0.1) is 5.60 Å². The van der Waals surface area contributed by atoms with Crippen molar-refractivity contribution in [2.75, 3.05) is 13.1 Å². The minimum Gasteiger partial charge on any atom is -0.385 e. The van der Waals surface area contributed by atoms with E-state index in [-0.39, 0.29) is 5.91 Å². The Morgan fingerprint density at radius 1 is 1.08 bits per heavy atom. The van der Waals surface area contributed by atoms with Gasteiger partial charge < -0.3 is 10.8 Å². The highest BCUT2D eigenvalue weighted by Crippen LogP contribution is 2.37. The molecule has 1 fully saturated rings. The van der Waals surface area contributed by atoms with E-state index in [4.69, 9.17) is 5.73 Å². The summed E-state index contributed by atoms with van der Waals surface area (Å²) in [6.07, 6.45) is 1.18. The van der Waals surface area contributed by atoms with Gasteiger partial charge in [0, 0.05) is 13.1 Å². The molecule has 1 saturated heterocycles. The number of hydrogen-bond acceptors (Lipinski definition) is 3. The third-order valence-electron chi connectivity index (χ3n) is 5.02. The van der Waals surface area contributed by atoms with Gasteiger partial charge in [-0.25, -0.2) is 0 Å². The minimum absolute atomic E-state index is 0.345. The van der Waals surface area contributed by atoms with Crippen molar-refractivity contribution in [3.63, 3.8) is 0 Å². The van der Waals surface area contributed by atoms with E-state index in [1.54, 1.807) is 0 Å². The van der Waals surface area contributed by atoms with E-state index in [1.165, 1.54) is 0 Å². The van der Waals surface area contributed by atoms with E-state index < -0.39 is 11.6 Å². The maximum Gasteiger partial charge on any atom is 0.239 e. The number of hydrogen-bond donors (Lipinski definition) is 2. The normalized spacial score (nSPS) is 18.9. The van der Waals surface area contributed by atoms with Crippen molar-refractivity contribution < 1.29 is 9.90 Å². The van der Waals surface area contributed by atoms with Crippen LogP contribution >= 0.6 is 0 Å². The molecule has 2 aromatic rings. The molecule has 0 radical (unpaired) electrons. The second-order valence-electron chi connectivity index (χ2n) is 6.60. The zero-order valence-corrected chi connectivity index (χ0v) is 14.0. The van der Waals surface area contributed by atoms with E-state index in [9.17, 15) is 9.90 Å². The number of carbonyl (C=O) groups excluding carboxylic acids is 1. The molecule has 0 unspecified atom stereocenters. The molecule has 4 nitrogen and oxygen atoms in total. The van der Waals surface area contributed by atoms with Crippen molar-refractivity contribution in [2.45, 2.75) is 31.4 Å². The van der Waals surface area contributed by atoms with Crippen LogP contribution in [0.2, 0.25) is 0 Å². The van der Waals surface area contributed by atoms with Gasteiger partial charge in [-0.3, -0.25) is 9.69 Å². The van der Waals surface area contributed by atoms with Gasteiger partial charge in [0.25, 0.3) is 0 Å². The summed E-state index contributed by atoms with van der Waals surface area (Å²) in [6, 6.07) is 17.1. The number of likely N-dealkylation sites (tertiary alicyclic amines) is 1. The van der Waals surface area contributed by atoms with Crippen LogP contribution in [0.25, 0.3) is 0 Å². The smallest absolute Gasteiger partial charge is 0.239 e. The summed E-state index contributed by atoms with van der Waals surface area (Å²) in [5, 5.41) is 11.1. The lowest BCUT2D eigenvalue weighted by Gasteiger charge is -2.41. The predicted octanol–water partition coefficient (Wildman–Crippen LogP) is 2.51. The molecule has 0 bridgehead atoms. The highest BCUT2D eigenvalue weighted by atomic mass is 16.3. The van der Waals surface area contributed by atoms with E-state index in [1.807, 2.05) is 61.5 Å². The number of rotatable bonds is 4. The van der Waals surface area contributed by atoms with Crippen LogP contribution < -0.4 is 5.73 Å².